The molecule has 1 atom stereocenters. The summed E-state index contributed by atoms with van der Waals surface area (Å²) < 4.78 is 9.55. The highest BCUT2D eigenvalue weighted by molar-refractivity contribution is 7.10. The Labute approximate surface area is 113 Å². The molecule has 0 spiro atoms. The van der Waals surface area contributed by atoms with Gasteiger partial charge in [-0.3, -0.25) is 4.90 Å². The van der Waals surface area contributed by atoms with E-state index < -0.39 is 0 Å². The van der Waals surface area contributed by atoms with E-state index in [0.717, 1.165) is 30.9 Å². The normalized spacial score (nSPS) is 20.7. The van der Waals surface area contributed by atoms with Gasteiger partial charge in [0.2, 0.25) is 5.89 Å². The van der Waals surface area contributed by atoms with Gasteiger partial charge in [0.05, 0.1) is 6.04 Å². The summed E-state index contributed by atoms with van der Waals surface area (Å²) in [7, 11) is 0. The molecule has 3 heterocycles. The molecule has 0 unspecified atom stereocenters. The summed E-state index contributed by atoms with van der Waals surface area (Å²) in [6, 6.07) is 0.195. The molecule has 0 N–H and O–H groups in total. The largest absolute Gasteiger partial charge is 0.340 e. The Morgan fingerprint density at radius 2 is 2.44 bits per heavy atom. The molecule has 96 valence electrons. The standard InChI is InChI=1S/C10H12ClN5OS/c1-6-12-10(14-17-6)8-3-2-4-16(8)5-7-9(11)18-15-13-7/h8H,2-5H2,1H3/t8-/m1/s1. The summed E-state index contributed by atoms with van der Waals surface area (Å²) in [6.07, 6.45) is 2.15. The number of hydrogen-bond acceptors (Lipinski definition) is 7. The predicted molar refractivity (Wildman–Crippen MR) is 66.3 cm³/mol. The van der Waals surface area contributed by atoms with Crippen LogP contribution in [0.25, 0.3) is 0 Å². The molecule has 0 bridgehead atoms. The van der Waals surface area contributed by atoms with Crippen molar-refractivity contribution in [3.05, 3.63) is 21.7 Å². The van der Waals surface area contributed by atoms with Crippen molar-refractivity contribution in [3.8, 4) is 0 Å². The minimum Gasteiger partial charge on any atom is -0.340 e. The molecule has 0 saturated carbocycles. The first-order valence-electron chi connectivity index (χ1n) is 5.75. The zero-order chi connectivity index (χ0) is 12.5. The van der Waals surface area contributed by atoms with Crippen molar-refractivity contribution >= 4 is 23.1 Å². The lowest BCUT2D eigenvalue weighted by Gasteiger charge is -2.20. The van der Waals surface area contributed by atoms with Gasteiger partial charge in [-0.1, -0.05) is 21.2 Å². The van der Waals surface area contributed by atoms with Gasteiger partial charge in [0.25, 0.3) is 0 Å². The molecular formula is C10H12ClN5OS. The molecule has 3 rings (SSSR count). The minimum atomic E-state index is 0.195. The summed E-state index contributed by atoms with van der Waals surface area (Å²) >= 11 is 7.25. The minimum absolute atomic E-state index is 0.195. The van der Waals surface area contributed by atoms with Gasteiger partial charge in [-0.15, -0.1) is 5.10 Å². The fourth-order valence-electron chi connectivity index (χ4n) is 2.24. The Hall–Kier alpha value is -1.05. The fraction of sp³-hybridized carbons (Fsp3) is 0.600. The first-order valence-corrected chi connectivity index (χ1v) is 6.90. The van der Waals surface area contributed by atoms with Crippen LogP contribution < -0.4 is 0 Å². The average Bonchev–Trinajstić information content (AvgIpc) is 3.03. The van der Waals surface area contributed by atoms with Gasteiger partial charge in [0, 0.05) is 25.0 Å². The fourth-order valence-corrected chi connectivity index (χ4v) is 2.85. The molecule has 0 radical (unpaired) electrons. The second kappa shape index (κ2) is 4.91. The van der Waals surface area contributed by atoms with Crippen molar-refractivity contribution in [2.75, 3.05) is 6.54 Å². The van der Waals surface area contributed by atoms with Crippen molar-refractivity contribution in [2.45, 2.75) is 32.4 Å². The Morgan fingerprint density at radius 3 is 3.11 bits per heavy atom. The van der Waals surface area contributed by atoms with E-state index in [1.165, 1.54) is 11.5 Å². The second-order valence-corrected chi connectivity index (χ2v) is 5.65. The van der Waals surface area contributed by atoms with Crippen LogP contribution in [0.3, 0.4) is 0 Å². The molecule has 2 aromatic heterocycles. The molecule has 18 heavy (non-hydrogen) atoms. The SMILES string of the molecule is Cc1nc([C@H]2CCCN2Cc2nnsc2Cl)no1. The van der Waals surface area contributed by atoms with E-state index in [-0.39, 0.29) is 6.04 Å². The molecule has 0 amide bonds. The average molecular weight is 286 g/mol. The number of nitrogens with zero attached hydrogens (tertiary/aromatic N) is 5. The number of aryl methyl sites for hydroxylation is 1. The maximum atomic E-state index is 6.03. The molecule has 1 saturated heterocycles. The van der Waals surface area contributed by atoms with Crippen molar-refractivity contribution in [1.82, 2.24) is 24.6 Å². The predicted octanol–water partition coefficient (Wildman–Crippen LogP) is 2.22. The Bertz CT molecular complexity index is 542. The summed E-state index contributed by atoms with van der Waals surface area (Å²) in [5.41, 5.74) is 0.828. The van der Waals surface area contributed by atoms with Crippen LogP contribution in [0.1, 0.15) is 36.3 Å². The molecule has 1 fully saturated rings. The van der Waals surface area contributed by atoms with E-state index in [2.05, 4.69) is 24.6 Å². The van der Waals surface area contributed by atoms with Crippen LogP contribution in [0.2, 0.25) is 4.34 Å². The summed E-state index contributed by atoms with van der Waals surface area (Å²) in [5, 5.41) is 8.05. The highest BCUT2D eigenvalue weighted by atomic mass is 35.5. The maximum Gasteiger partial charge on any atom is 0.223 e. The molecule has 0 aliphatic carbocycles. The van der Waals surface area contributed by atoms with Crippen LogP contribution in [0.15, 0.2) is 4.52 Å². The highest BCUT2D eigenvalue weighted by Crippen LogP contribution is 2.32. The van der Waals surface area contributed by atoms with Crippen LogP contribution in [0.4, 0.5) is 0 Å². The van der Waals surface area contributed by atoms with Gasteiger partial charge in [-0.05, 0) is 19.4 Å². The zero-order valence-corrected chi connectivity index (χ0v) is 11.4. The summed E-state index contributed by atoms with van der Waals surface area (Å²) in [4.78, 5) is 6.58. The van der Waals surface area contributed by atoms with E-state index in [4.69, 9.17) is 16.1 Å². The van der Waals surface area contributed by atoms with Gasteiger partial charge in [-0.2, -0.15) is 4.98 Å². The van der Waals surface area contributed by atoms with E-state index in [0.29, 0.717) is 16.8 Å². The second-order valence-electron chi connectivity index (χ2n) is 4.29. The quantitative estimate of drug-likeness (QED) is 0.861. The lowest BCUT2D eigenvalue weighted by molar-refractivity contribution is 0.231. The number of halogens is 1. The van der Waals surface area contributed by atoms with Crippen molar-refractivity contribution in [1.29, 1.82) is 0 Å². The van der Waals surface area contributed by atoms with Crippen LogP contribution in [0.5, 0.6) is 0 Å². The Balaban J connectivity index is 1.77. The molecule has 1 aliphatic rings. The van der Waals surface area contributed by atoms with Crippen molar-refractivity contribution < 1.29 is 4.52 Å². The third-order valence-electron chi connectivity index (χ3n) is 3.07. The molecule has 8 heteroatoms. The number of hydrogen-bond donors (Lipinski definition) is 0. The zero-order valence-electron chi connectivity index (χ0n) is 9.84. The first-order chi connectivity index (χ1) is 8.74. The molecule has 1 aliphatic heterocycles. The van der Waals surface area contributed by atoms with E-state index in [1.54, 1.807) is 6.92 Å². The van der Waals surface area contributed by atoms with Gasteiger partial charge >= 0.3 is 0 Å². The maximum absolute atomic E-state index is 6.03. The van der Waals surface area contributed by atoms with Crippen LogP contribution in [0, 0.1) is 6.92 Å². The molecule has 2 aromatic rings. The lowest BCUT2D eigenvalue weighted by Crippen LogP contribution is -2.24. The highest BCUT2D eigenvalue weighted by Gasteiger charge is 2.30. The lowest BCUT2D eigenvalue weighted by atomic mass is 10.2. The number of aromatic nitrogens is 4. The third kappa shape index (κ3) is 2.25. The van der Waals surface area contributed by atoms with Crippen LogP contribution in [-0.2, 0) is 6.54 Å². The van der Waals surface area contributed by atoms with E-state index in [1.807, 2.05) is 0 Å². The third-order valence-corrected chi connectivity index (χ3v) is 4.05. The Kier molecular flexibility index (Phi) is 3.27. The topological polar surface area (TPSA) is 67.9 Å². The number of likely N-dealkylation sites (tertiary alicyclic amines) is 1. The van der Waals surface area contributed by atoms with Crippen molar-refractivity contribution in [3.63, 3.8) is 0 Å². The van der Waals surface area contributed by atoms with Crippen molar-refractivity contribution in [2.24, 2.45) is 0 Å². The smallest absolute Gasteiger partial charge is 0.223 e. The van der Waals surface area contributed by atoms with Gasteiger partial charge in [0.15, 0.2) is 5.82 Å². The van der Waals surface area contributed by atoms with E-state index in [9.17, 15) is 0 Å². The summed E-state index contributed by atoms with van der Waals surface area (Å²) in [5.74, 6) is 1.36. The van der Waals surface area contributed by atoms with E-state index >= 15 is 0 Å². The van der Waals surface area contributed by atoms with Gasteiger partial charge < -0.3 is 4.52 Å². The number of rotatable bonds is 3. The Morgan fingerprint density at radius 1 is 1.56 bits per heavy atom. The van der Waals surface area contributed by atoms with Gasteiger partial charge in [0.1, 0.15) is 10.0 Å². The van der Waals surface area contributed by atoms with Crippen LogP contribution >= 0.6 is 23.1 Å². The molecule has 6 nitrogen and oxygen atoms in total. The first kappa shape index (κ1) is 12.0. The van der Waals surface area contributed by atoms with Crippen LogP contribution in [-0.4, -0.2) is 31.2 Å². The molecular weight excluding hydrogens is 274 g/mol. The molecule has 0 aromatic carbocycles. The monoisotopic (exact) mass is 285 g/mol. The van der Waals surface area contributed by atoms with Gasteiger partial charge in [-0.25, -0.2) is 0 Å². The summed E-state index contributed by atoms with van der Waals surface area (Å²) in [6.45, 7) is 3.48.